The van der Waals surface area contributed by atoms with Crippen LogP contribution in [-0.2, 0) is 17.8 Å². The Morgan fingerprint density at radius 2 is 1.94 bits per heavy atom. The minimum absolute atomic E-state index is 0.0387. The molecule has 0 atom stereocenters. The summed E-state index contributed by atoms with van der Waals surface area (Å²) in [5.74, 6) is -1.16. The molecule has 2 aromatic carbocycles. The molecule has 0 bridgehead atoms. The molecule has 9 heteroatoms. The number of anilines is 4. The van der Waals surface area contributed by atoms with Crippen molar-refractivity contribution in [3.63, 3.8) is 0 Å². The third kappa shape index (κ3) is 3.96. The number of nitrogens with one attached hydrogen (secondary N) is 2. The van der Waals surface area contributed by atoms with Crippen LogP contribution in [0.4, 0.5) is 31.8 Å². The number of fused-ring (bicyclic) bond motifs is 2. The van der Waals surface area contributed by atoms with Crippen LogP contribution >= 0.6 is 0 Å². The lowest BCUT2D eigenvalue weighted by molar-refractivity contribution is -0.117. The second-order valence-electron chi connectivity index (χ2n) is 8.96. The number of nitrogens with zero attached hydrogens (tertiary/aromatic N) is 4. The van der Waals surface area contributed by atoms with E-state index in [1.807, 2.05) is 26.0 Å². The van der Waals surface area contributed by atoms with Crippen molar-refractivity contribution in [2.45, 2.75) is 32.9 Å². The first-order valence-corrected chi connectivity index (χ1v) is 11.3. The number of hydrogen-bond acceptors (Lipinski definition) is 6. The molecule has 1 aromatic heterocycles. The van der Waals surface area contributed by atoms with Crippen molar-refractivity contribution in [3.05, 3.63) is 59.3 Å². The number of likely N-dealkylation sites (N-methyl/N-ethyl adjacent to an activating group) is 1. The Kier molecular flexibility index (Phi) is 5.65. The van der Waals surface area contributed by atoms with E-state index in [2.05, 4.69) is 26.7 Å². The molecule has 0 saturated carbocycles. The smallest absolute Gasteiger partial charge is 0.246 e. The van der Waals surface area contributed by atoms with E-state index in [1.165, 1.54) is 17.2 Å². The molecule has 0 unspecified atom stereocenters. The first-order valence-electron chi connectivity index (χ1n) is 11.3. The third-order valence-corrected chi connectivity index (χ3v) is 6.21. The van der Waals surface area contributed by atoms with E-state index in [4.69, 9.17) is 0 Å². The highest BCUT2D eigenvalue weighted by Gasteiger charge is 2.32. The quantitative estimate of drug-likeness (QED) is 0.608. The highest BCUT2D eigenvalue weighted by Crippen LogP contribution is 2.40. The Morgan fingerprint density at radius 1 is 1.12 bits per heavy atom. The van der Waals surface area contributed by atoms with E-state index in [0.717, 1.165) is 31.4 Å². The van der Waals surface area contributed by atoms with Crippen LogP contribution in [-0.4, -0.2) is 42.1 Å². The Labute approximate surface area is 196 Å². The average Bonchev–Trinajstić information content (AvgIpc) is 2.79. The monoisotopic (exact) mass is 464 g/mol. The predicted octanol–water partition coefficient (Wildman–Crippen LogP) is 4.00. The number of carbonyl (C=O) groups excluding carboxylic acids is 1. The van der Waals surface area contributed by atoms with Crippen molar-refractivity contribution in [3.8, 4) is 11.3 Å². The van der Waals surface area contributed by atoms with Crippen LogP contribution in [0.1, 0.15) is 25.0 Å². The van der Waals surface area contributed by atoms with E-state index in [1.54, 1.807) is 22.9 Å². The lowest BCUT2D eigenvalue weighted by atomic mass is 10.0. The van der Waals surface area contributed by atoms with Gasteiger partial charge in [0.2, 0.25) is 11.9 Å². The van der Waals surface area contributed by atoms with E-state index in [0.29, 0.717) is 11.4 Å². The van der Waals surface area contributed by atoms with Crippen molar-refractivity contribution >= 4 is 28.9 Å². The number of halogens is 2. The minimum atomic E-state index is -0.675. The number of rotatable bonds is 4. The molecule has 176 valence electrons. The van der Waals surface area contributed by atoms with Crippen LogP contribution in [0.25, 0.3) is 11.3 Å². The van der Waals surface area contributed by atoms with E-state index in [9.17, 15) is 9.18 Å². The average molecular weight is 465 g/mol. The van der Waals surface area contributed by atoms with Crippen LogP contribution in [0.3, 0.4) is 0 Å². The van der Waals surface area contributed by atoms with Gasteiger partial charge in [0, 0.05) is 30.9 Å². The number of aromatic nitrogens is 2. The van der Waals surface area contributed by atoms with E-state index < -0.39 is 11.6 Å². The van der Waals surface area contributed by atoms with E-state index >= 15 is 4.39 Å². The van der Waals surface area contributed by atoms with Crippen molar-refractivity contribution in [2.24, 2.45) is 0 Å². The zero-order chi connectivity index (χ0) is 24.0. The minimum Gasteiger partial charge on any atom is -0.361 e. The normalized spacial score (nSPS) is 15.4. The third-order valence-electron chi connectivity index (χ3n) is 6.21. The molecule has 0 radical (unpaired) electrons. The van der Waals surface area contributed by atoms with Gasteiger partial charge >= 0.3 is 0 Å². The topological polar surface area (TPSA) is 73.4 Å². The molecule has 0 aliphatic carbocycles. The fraction of sp³-hybridized carbons (Fsp3) is 0.320. The van der Waals surface area contributed by atoms with Crippen LogP contribution in [0, 0.1) is 11.6 Å². The Morgan fingerprint density at radius 3 is 2.74 bits per heavy atom. The standard InChI is InChI=1S/C25H26F2N6O/c1-14(2)33-21-10-16(9-19(26)24(21)32(3)13-22(33)34)23-20(27)12-29-25(31-23)30-18-5-4-15-6-7-28-11-17(15)8-18/h4-5,8-10,12,14,28H,6-7,11,13H2,1-3H3,(H,29,30,31). The highest BCUT2D eigenvalue weighted by atomic mass is 19.1. The summed E-state index contributed by atoms with van der Waals surface area (Å²) in [5.41, 5.74) is 4.19. The predicted molar refractivity (Wildman–Crippen MR) is 128 cm³/mol. The highest BCUT2D eigenvalue weighted by molar-refractivity contribution is 6.04. The van der Waals surface area contributed by atoms with Gasteiger partial charge in [-0.2, -0.15) is 0 Å². The number of amides is 1. The summed E-state index contributed by atoms with van der Waals surface area (Å²) in [7, 11) is 1.67. The fourth-order valence-electron chi connectivity index (χ4n) is 4.66. The van der Waals surface area contributed by atoms with Crippen molar-refractivity contribution in [1.82, 2.24) is 15.3 Å². The first-order chi connectivity index (χ1) is 16.3. The van der Waals surface area contributed by atoms with Gasteiger partial charge in [0.1, 0.15) is 11.5 Å². The Balaban J connectivity index is 1.53. The zero-order valence-electron chi connectivity index (χ0n) is 19.3. The Hall–Kier alpha value is -3.59. The molecule has 2 N–H and O–H groups in total. The molecule has 7 nitrogen and oxygen atoms in total. The summed E-state index contributed by atoms with van der Waals surface area (Å²) >= 11 is 0. The molecular weight excluding hydrogens is 438 g/mol. The van der Waals surface area contributed by atoms with Gasteiger partial charge in [-0.25, -0.2) is 18.7 Å². The van der Waals surface area contributed by atoms with Crippen LogP contribution in [0.5, 0.6) is 0 Å². The van der Waals surface area contributed by atoms with Gasteiger partial charge < -0.3 is 20.4 Å². The van der Waals surface area contributed by atoms with Crippen molar-refractivity contribution in [1.29, 1.82) is 0 Å². The van der Waals surface area contributed by atoms with Crippen molar-refractivity contribution in [2.75, 3.05) is 35.3 Å². The summed E-state index contributed by atoms with van der Waals surface area (Å²) in [5, 5.41) is 6.47. The summed E-state index contributed by atoms with van der Waals surface area (Å²) < 4.78 is 30.0. The summed E-state index contributed by atoms with van der Waals surface area (Å²) in [6.07, 6.45) is 2.04. The summed E-state index contributed by atoms with van der Waals surface area (Å²) in [6.45, 7) is 5.54. The maximum atomic E-state index is 15.2. The number of hydrogen-bond donors (Lipinski definition) is 2. The van der Waals surface area contributed by atoms with Gasteiger partial charge in [0.15, 0.2) is 5.82 Å². The molecule has 2 aliphatic rings. The van der Waals surface area contributed by atoms with Crippen molar-refractivity contribution < 1.29 is 13.6 Å². The van der Waals surface area contributed by atoms with Crippen LogP contribution in [0.2, 0.25) is 0 Å². The number of carbonyl (C=O) groups is 1. The summed E-state index contributed by atoms with van der Waals surface area (Å²) in [6, 6.07) is 8.72. The zero-order valence-corrected chi connectivity index (χ0v) is 19.3. The molecule has 0 saturated heterocycles. The molecule has 3 aromatic rings. The molecule has 0 fully saturated rings. The molecule has 5 rings (SSSR count). The van der Waals surface area contributed by atoms with Crippen LogP contribution in [0.15, 0.2) is 36.5 Å². The van der Waals surface area contributed by atoms with Gasteiger partial charge in [-0.15, -0.1) is 0 Å². The van der Waals surface area contributed by atoms with Gasteiger partial charge in [-0.05, 0) is 62.2 Å². The molecule has 2 aliphatic heterocycles. The van der Waals surface area contributed by atoms with Gasteiger partial charge in [0.25, 0.3) is 0 Å². The maximum Gasteiger partial charge on any atom is 0.246 e. The lowest BCUT2D eigenvalue weighted by Gasteiger charge is -2.38. The maximum absolute atomic E-state index is 15.2. The molecule has 3 heterocycles. The second kappa shape index (κ2) is 8.64. The van der Waals surface area contributed by atoms with E-state index in [-0.39, 0.29) is 35.7 Å². The molecule has 1 amide bonds. The SMILES string of the molecule is CC(C)N1C(=O)CN(C)c2c(F)cc(-c3nc(Nc4ccc5c(c4)CNCC5)ncc3F)cc21. The largest absolute Gasteiger partial charge is 0.361 e. The second-order valence-corrected chi connectivity index (χ2v) is 8.96. The van der Waals surface area contributed by atoms with Gasteiger partial charge in [0.05, 0.1) is 24.1 Å². The first kappa shape index (κ1) is 22.2. The lowest BCUT2D eigenvalue weighted by Crippen LogP contribution is -2.47. The van der Waals surface area contributed by atoms with Crippen LogP contribution < -0.4 is 20.4 Å². The summed E-state index contributed by atoms with van der Waals surface area (Å²) in [4.78, 5) is 24.2. The van der Waals surface area contributed by atoms with Gasteiger partial charge in [-0.1, -0.05) is 6.07 Å². The molecule has 34 heavy (non-hydrogen) atoms. The molecular formula is C25H26F2N6O. The number of benzene rings is 2. The fourth-order valence-corrected chi connectivity index (χ4v) is 4.66. The Bertz CT molecular complexity index is 1280. The molecule has 0 spiro atoms. The van der Waals surface area contributed by atoms with Gasteiger partial charge in [-0.3, -0.25) is 4.79 Å².